The lowest BCUT2D eigenvalue weighted by Crippen LogP contribution is -2.19. The van der Waals surface area contributed by atoms with Gasteiger partial charge in [-0.05, 0) is 50.2 Å². The van der Waals surface area contributed by atoms with Gasteiger partial charge in [0.25, 0.3) is 0 Å². The van der Waals surface area contributed by atoms with Gasteiger partial charge in [0.15, 0.2) is 0 Å². The van der Waals surface area contributed by atoms with Crippen LogP contribution in [0.4, 0.5) is 8.78 Å². The van der Waals surface area contributed by atoms with Crippen molar-refractivity contribution in [1.29, 1.82) is 0 Å². The van der Waals surface area contributed by atoms with E-state index in [-0.39, 0.29) is 6.04 Å². The van der Waals surface area contributed by atoms with Crippen molar-refractivity contribution < 1.29 is 13.5 Å². The third-order valence-electron chi connectivity index (χ3n) is 3.40. The zero-order valence-electron chi connectivity index (χ0n) is 12.4. The first kappa shape index (κ1) is 15.4. The van der Waals surface area contributed by atoms with Gasteiger partial charge in [0.1, 0.15) is 17.4 Å². The molecule has 0 aliphatic carbocycles. The summed E-state index contributed by atoms with van der Waals surface area (Å²) in [7, 11) is 1.75. The molecule has 2 rings (SSSR count). The molecule has 1 N–H and O–H groups in total. The Morgan fingerprint density at radius 3 is 2.33 bits per heavy atom. The number of ether oxygens (including phenoxy) is 1. The van der Waals surface area contributed by atoms with Crippen LogP contribution in [0.3, 0.4) is 0 Å². The molecular formula is C17H19F2NO. The summed E-state index contributed by atoms with van der Waals surface area (Å²) in [6.45, 7) is 4.14. The van der Waals surface area contributed by atoms with Crippen LogP contribution in [0.15, 0.2) is 36.4 Å². The first-order valence-corrected chi connectivity index (χ1v) is 6.92. The molecule has 0 saturated heterocycles. The van der Waals surface area contributed by atoms with Gasteiger partial charge in [-0.25, -0.2) is 8.78 Å². The van der Waals surface area contributed by atoms with Crippen LogP contribution < -0.4 is 10.1 Å². The van der Waals surface area contributed by atoms with E-state index in [2.05, 4.69) is 5.32 Å². The second-order valence-corrected chi connectivity index (χ2v) is 4.85. The van der Waals surface area contributed by atoms with Gasteiger partial charge in [-0.3, -0.25) is 0 Å². The van der Waals surface area contributed by atoms with Crippen molar-refractivity contribution in [3.05, 3.63) is 64.7 Å². The second kappa shape index (κ2) is 6.68. The molecule has 0 spiro atoms. The Morgan fingerprint density at radius 2 is 1.76 bits per heavy atom. The average molecular weight is 291 g/mol. The van der Waals surface area contributed by atoms with E-state index in [9.17, 15) is 8.78 Å². The number of rotatable bonds is 5. The third kappa shape index (κ3) is 3.39. The Balaban J connectivity index is 2.37. The van der Waals surface area contributed by atoms with Gasteiger partial charge in [-0.2, -0.15) is 0 Å². The molecule has 1 unspecified atom stereocenters. The van der Waals surface area contributed by atoms with Crippen molar-refractivity contribution in [1.82, 2.24) is 5.32 Å². The normalized spacial score (nSPS) is 12.2. The maximum atomic E-state index is 14.0. The lowest BCUT2D eigenvalue weighted by molar-refractivity contribution is 0.340. The molecule has 112 valence electrons. The summed E-state index contributed by atoms with van der Waals surface area (Å²) in [5, 5.41) is 3.07. The van der Waals surface area contributed by atoms with Crippen molar-refractivity contribution in [2.24, 2.45) is 0 Å². The summed E-state index contributed by atoms with van der Waals surface area (Å²) < 4.78 is 32.8. The Morgan fingerprint density at radius 1 is 1.10 bits per heavy atom. The second-order valence-electron chi connectivity index (χ2n) is 4.85. The smallest absolute Gasteiger partial charge is 0.131 e. The molecule has 0 aliphatic rings. The molecule has 0 bridgehead atoms. The van der Waals surface area contributed by atoms with Crippen LogP contribution in [-0.2, 0) is 0 Å². The third-order valence-corrected chi connectivity index (χ3v) is 3.40. The van der Waals surface area contributed by atoms with Crippen LogP contribution in [0.25, 0.3) is 0 Å². The fraction of sp³-hybridized carbons (Fsp3) is 0.294. The molecule has 0 aliphatic heterocycles. The van der Waals surface area contributed by atoms with Gasteiger partial charge in [-0.1, -0.05) is 12.1 Å². The molecule has 21 heavy (non-hydrogen) atoms. The van der Waals surface area contributed by atoms with Crippen LogP contribution in [0.2, 0.25) is 0 Å². The van der Waals surface area contributed by atoms with Crippen LogP contribution in [0, 0.1) is 18.6 Å². The van der Waals surface area contributed by atoms with E-state index < -0.39 is 11.6 Å². The zero-order valence-corrected chi connectivity index (χ0v) is 12.4. The van der Waals surface area contributed by atoms with Gasteiger partial charge in [-0.15, -0.1) is 0 Å². The van der Waals surface area contributed by atoms with Crippen LogP contribution in [0.1, 0.15) is 29.7 Å². The quantitative estimate of drug-likeness (QED) is 0.899. The highest BCUT2D eigenvalue weighted by Gasteiger charge is 2.18. The van der Waals surface area contributed by atoms with Crippen LogP contribution in [-0.4, -0.2) is 13.7 Å². The SMILES string of the molecule is CCOc1ccc(C(NC)c2cc(C)c(F)cc2F)cc1. The number of hydrogen-bond acceptors (Lipinski definition) is 2. The molecule has 0 aromatic heterocycles. The first-order valence-electron chi connectivity index (χ1n) is 6.92. The topological polar surface area (TPSA) is 21.3 Å². The van der Waals surface area contributed by atoms with E-state index in [1.54, 1.807) is 20.0 Å². The number of benzene rings is 2. The zero-order chi connectivity index (χ0) is 15.4. The molecule has 0 amide bonds. The first-order chi connectivity index (χ1) is 10.1. The van der Waals surface area contributed by atoms with Gasteiger partial charge in [0.2, 0.25) is 0 Å². The molecule has 1 atom stereocenters. The van der Waals surface area contributed by atoms with Crippen molar-refractivity contribution >= 4 is 0 Å². The largest absolute Gasteiger partial charge is 0.494 e. The minimum Gasteiger partial charge on any atom is -0.494 e. The van der Waals surface area contributed by atoms with E-state index >= 15 is 0 Å². The van der Waals surface area contributed by atoms with Gasteiger partial charge in [0.05, 0.1) is 12.6 Å². The lowest BCUT2D eigenvalue weighted by atomic mass is 9.96. The highest BCUT2D eigenvalue weighted by molar-refractivity contribution is 5.38. The number of halogens is 2. The Kier molecular flexibility index (Phi) is 4.91. The van der Waals surface area contributed by atoms with Crippen molar-refractivity contribution in [2.75, 3.05) is 13.7 Å². The number of hydrogen-bond donors (Lipinski definition) is 1. The lowest BCUT2D eigenvalue weighted by Gasteiger charge is -2.19. The molecule has 4 heteroatoms. The Labute approximate surface area is 123 Å². The van der Waals surface area contributed by atoms with E-state index in [1.165, 1.54) is 0 Å². The summed E-state index contributed by atoms with van der Waals surface area (Å²) in [5.41, 5.74) is 1.75. The number of aryl methyl sites for hydroxylation is 1. The minimum absolute atomic E-state index is 0.333. The van der Waals surface area contributed by atoms with Crippen LogP contribution in [0.5, 0.6) is 5.75 Å². The average Bonchev–Trinajstić information content (AvgIpc) is 2.47. The van der Waals surface area contributed by atoms with Gasteiger partial charge in [0, 0.05) is 11.6 Å². The van der Waals surface area contributed by atoms with E-state index in [1.807, 2.05) is 31.2 Å². The Bertz CT molecular complexity index is 611. The molecule has 0 radical (unpaired) electrons. The molecule has 0 heterocycles. The molecule has 0 saturated carbocycles. The van der Waals surface area contributed by atoms with E-state index in [4.69, 9.17) is 4.74 Å². The molecule has 2 nitrogen and oxygen atoms in total. The standard InChI is InChI=1S/C17H19F2NO/c1-4-21-13-7-5-12(6-8-13)17(20-3)14-9-11(2)15(18)10-16(14)19/h5-10,17,20H,4H2,1-3H3. The molecule has 2 aromatic carbocycles. The Hall–Kier alpha value is -1.94. The maximum absolute atomic E-state index is 14.0. The fourth-order valence-electron chi connectivity index (χ4n) is 2.33. The molecular weight excluding hydrogens is 272 g/mol. The van der Waals surface area contributed by atoms with Crippen molar-refractivity contribution in [3.63, 3.8) is 0 Å². The predicted octanol–water partition coefficient (Wildman–Crippen LogP) is 3.98. The summed E-state index contributed by atoms with van der Waals surface area (Å²) >= 11 is 0. The minimum atomic E-state index is -0.550. The summed E-state index contributed by atoms with van der Waals surface area (Å²) in [6.07, 6.45) is 0. The fourth-order valence-corrected chi connectivity index (χ4v) is 2.33. The van der Waals surface area contributed by atoms with Crippen LogP contribution >= 0.6 is 0 Å². The van der Waals surface area contributed by atoms with Gasteiger partial charge >= 0.3 is 0 Å². The van der Waals surface area contributed by atoms with Crippen molar-refractivity contribution in [3.8, 4) is 5.75 Å². The summed E-state index contributed by atoms with van der Waals surface area (Å²) in [5.74, 6) is -0.309. The summed E-state index contributed by atoms with van der Waals surface area (Å²) in [6, 6.07) is 9.59. The van der Waals surface area contributed by atoms with E-state index in [0.29, 0.717) is 17.7 Å². The molecule has 2 aromatic rings. The maximum Gasteiger partial charge on any atom is 0.131 e. The van der Waals surface area contributed by atoms with E-state index in [0.717, 1.165) is 17.4 Å². The molecule has 0 fully saturated rings. The summed E-state index contributed by atoms with van der Waals surface area (Å²) in [4.78, 5) is 0. The highest BCUT2D eigenvalue weighted by Crippen LogP contribution is 2.27. The predicted molar refractivity (Wildman–Crippen MR) is 79.6 cm³/mol. The van der Waals surface area contributed by atoms with Crippen molar-refractivity contribution in [2.45, 2.75) is 19.9 Å². The monoisotopic (exact) mass is 291 g/mol. The number of nitrogens with one attached hydrogen (secondary N) is 1. The van der Waals surface area contributed by atoms with Gasteiger partial charge < -0.3 is 10.1 Å². The highest BCUT2D eigenvalue weighted by atomic mass is 19.1.